The summed E-state index contributed by atoms with van der Waals surface area (Å²) in [5.41, 5.74) is 2.97. The largest absolute Gasteiger partial charge is 0.255 e. The predicted octanol–water partition coefficient (Wildman–Crippen LogP) is 4.35. The van der Waals surface area contributed by atoms with Crippen LogP contribution in [-0.2, 0) is 0 Å². The molecular weight excluding hydrogens is 246 g/mol. The number of hydrogen-bond donors (Lipinski definition) is 0. The van der Waals surface area contributed by atoms with Crippen molar-refractivity contribution in [1.29, 1.82) is 0 Å². The van der Waals surface area contributed by atoms with Crippen LogP contribution in [0.5, 0.6) is 0 Å². The first-order chi connectivity index (χ1) is 9.65. The zero-order valence-corrected chi connectivity index (χ0v) is 13.0. The predicted molar refractivity (Wildman–Crippen MR) is 89.7 cm³/mol. The van der Waals surface area contributed by atoms with Gasteiger partial charge < -0.3 is 0 Å². The normalized spacial score (nSPS) is 9.10. The van der Waals surface area contributed by atoms with Crippen LogP contribution in [0.4, 0.5) is 4.39 Å². The molecule has 0 nitrogen and oxygen atoms in total. The Hall–Kier alpha value is -1.75. The molecular formula is C18H22BF. The maximum atomic E-state index is 9.50. The fourth-order valence-corrected chi connectivity index (χ4v) is 2.06. The summed E-state index contributed by atoms with van der Waals surface area (Å²) in [6.45, 7) is 8.33. The molecule has 2 heteroatoms. The third-order valence-corrected chi connectivity index (χ3v) is 2.88. The minimum atomic E-state index is 0.442. The molecule has 0 fully saturated rings. The second kappa shape index (κ2) is 9.21. The highest BCUT2D eigenvalue weighted by Crippen LogP contribution is 2.26. The summed E-state index contributed by atoms with van der Waals surface area (Å²) in [7, 11) is 6.48. The van der Waals surface area contributed by atoms with E-state index in [0.29, 0.717) is 13.1 Å². The maximum absolute atomic E-state index is 9.50. The van der Waals surface area contributed by atoms with Crippen molar-refractivity contribution in [1.82, 2.24) is 0 Å². The number of benzene rings is 2. The molecule has 2 aromatic rings. The maximum Gasteiger partial charge on any atom is 0.114 e. The molecule has 0 unspecified atom stereocenters. The number of halogens is 1. The summed E-state index contributed by atoms with van der Waals surface area (Å²) in [6, 6.07) is 9.98. The molecule has 20 heavy (non-hydrogen) atoms. The molecule has 0 heterocycles. The van der Waals surface area contributed by atoms with E-state index in [9.17, 15) is 4.39 Å². The van der Waals surface area contributed by atoms with E-state index < -0.39 is 0 Å². The lowest BCUT2D eigenvalue weighted by Gasteiger charge is -2.13. The fraction of sp³-hybridized carbons (Fsp3) is 0.333. The molecule has 2 radical (unpaired) electrons. The lowest BCUT2D eigenvalue weighted by atomic mass is 9.84. The van der Waals surface area contributed by atoms with Crippen molar-refractivity contribution >= 4 is 24.1 Å². The van der Waals surface area contributed by atoms with Crippen molar-refractivity contribution in [2.75, 3.05) is 7.18 Å². The van der Waals surface area contributed by atoms with Crippen LogP contribution < -0.4 is 5.46 Å². The highest BCUT2D eigenvalue weighted by Gasteiger charge is 2.09. The SMILES string of the molecule is CC.CF.[B]c1ccc(C(C)C)c2c(C#C)cccc12. The van der Waals surface area contributed by atoms with Crippen LogP contribution in [0, 0.1) is 12.3 Å². The average Bonchev–Trinajstić information content (AvgIpc) is 2.51. The van der Waals surface area contributed by atoms with Crippen LogP contribution >= 0.6 is 0 Å². The van der Waals surface area contributed by atoms with Gasteiger partial charge in [-0.15, -0.1) is 6.42 Å². The van der Waals surface area contributed by atoms with Gasteiger partial charge in [0, 0.05) is 10.9 Å². The number of hydrogen-bond acceptors (Lipinski definition) is 0. The van der Waals surface area contributed by atoms with E-state index in [1.54, 1.807) is 0 Å². The zero-order valence-electron chi connectivity index (χ0n) is 13.0. The summed E-state index contributed by atoms with van der Waals surface area (Å²) in [5.74, 6) is 3.18. The Kier molecular flexibility index (Phi) is 8.40. The molecule has 0 N–H and O–H groups in total. The first kappa shape index (κ1) is 18.3. The van der Waals surface area contributed by atoms with Gasteiger partial charge in [0.2, 0.25) is 0 Å². The number of terminal acetylenes is 1. The second-order valence-electron chi connectivity index (χ2n) is 4.27. The Bertz CT molecular complexity index is 580. The summed E-state index contributed by atoms with van der Waals surface area (Å²) >= 11 is 0. The van der Waals surface area contributed by atoms with Gasteiger partial charge in [0.15, 0.2) is 0 Å². The Labute approximate surface area is 123 Å². The van der Waals surface area contributed by atoms with Gasteiger partial charge in [0.05, 0.1) is 7.18 Å². The number of rotatable bonds is 1. The molecule has 0 spiro atoms. The molecule has 0 saturated carbocycles. The van der Waals surface area contributed by atoms with Crippen LogP contribution in [0.2, 0.25) is 0 Å². The fourth-order valence-electron chi connectivity index (χ4n) is 2.06. The van der Waals surface area contributed by atoms with Crippen molar-refractivity contribution in [3.63, 3.8) is 0 Å². The molecule has 0 bridgehead atoms. The van der Waals surface area contributed by atoms with E-state index in [1.807, 2.05) is 38.1 Å². The van der Waals surface area contributed by atoms with Crippen molar-refractivity contribution in [2.24, 2.45) is 0 Å². The molecule has 0 amide bonds. The Balaban J connectivity index is 0.000000829. The van der Waals surface area contributed by atoms with Crippen LogP contribution in [0.1, 0.15) is 44.7 Å². The highest BCUT2D eigenvalue weighted by atomic mass is 19.1. The average molecular weight is 268 g/mol. The van der Waals surface area contributed by atoms with E-state index >= 15 is 0 Å². The Morgan fingerprint density at radius 1 is 1.10 bits per heavy atom. The van der Waals surface area contributed by atoms with Gasteiger partial charge in [-0.3, -0.25) is 4.39 Å². The quantitative estimate of drug-likeness (QED) is 0.532. The summed E-state index contributed by atoms with van der Waals surface area (Å²) in [6.07, 6.45) is 5.54. The number of alkyl halides is 1. The van der Waals surface area contributed by atoms with Crippen LogP contribution in [0.15, 0.2) is 30.3 Å². The Morgan fingerprint density at radius 2 is 1.70 bits per heavy atom. The van der Waals surface area contributed by atoms with Gasteiger partial charge in [0.1, 0.15) is 7.85 Å². The molecule has 2 aromatic carbocycles. The van der Waals surface area contributed by atoms with Gasteiger partial charge in [-0.2, -0.15) is 0 Å². The van der Waals surface area contributed by atoms with Gasteiger partial charge in [-0.25, -0.2) is 0 Å². The van der Waals surface area contributed by atoms with Crippen molar-refractivity contribution in [3.8, 4) is 12.3 Å². The van der Waals surface area contributed by atoms with Crippen LogP contribution in [0.3, 0.4) is 0 Å². The minimum Gasteiger partial charge on any atom is -0.255 e. The third-order valence-electron chi connectivity index (χ3n) is 2.88. The van der Waals surface area contributed by atoms with Gasteiger partial charge in [0.25, 0.3) is 0 Å². The molecule has 0 saturated heterocycles. The molecule has 0 aliphatic heterocycles. The smallest absolute Gasteiger partial charge is 0.114 e. The number of fused-ring (bicyclic) bond motifs is 1. The monoisotopic (exact) mass is 268 g/mol. The molecule has 0 aromatic heterocycles. The summed E-state index contributed by atoms with van der Waals surface area (Å²) in [5, 5.41) is 2.18. The van der Waals surface area contributed by atoms with E-state index in [1.165, 1.54) is 5.56 Å². The van der Waals surface area contributed by atoms with E-state index in [2.05, 4.69) is 25.8 Å². The standard InChI is InChI=1S/C15H13B.C2H6.CH3F/c1-4-11-6-5-7-13-14(16)9-8-12(10(2)3)15(11)13;2*1-2/h1,5-10H,2-3H3;1-2H3;1H3. The highest BCUT2D eigenvalue weighted by molar-refractivity contribution is 6.39. The first-order valence-electron chi connectivity index (χ1n) is 6.80. The molecule has 0 atom stereocenters. The van der Waals surface area contributed by atoms with Crippen molar-refractivity contribution in [2.45, 2.75) is 33.6 Å². The second-order valence-corrected chi connectivity index (χ2v) is 4.27. The summed E-state index contributed by atoms with van der Waals surface area (Å²) in [4.78, 5) is 0. The topological polar surface area (TPSA) is 0 Å². The van der Waals surface area contributed by atoms with Gasteiger partial charge in [-0.1, -0.05) is 63.3 Å². The molecule has 0 aliphatic rings. The lowest BCUT2D eigenvalue weighted by molar-refractivity contribution is 0.636. The third kappa shape index (κ3) is 3.87. The van der Waals surface area contributed by atoms with Gasteiger partial charge >= 0.3 is 0 Å². The van der Waals surface area contributed by atoms with Crippen molar-refractivity contribution in [3.05, 3.63) is 41.5 Å². The van der Waals surface area contributed by atoms with E-state index in [4.69, 9.17) is 14.3 Å². The molecule has 104 valence electrons. The van der Waals surface area contributed by atoms with Crippen molar-refractivity contribution < 1.29 is 4.39 Å². The minimum absolute atomic E-state index is 0.442. The van der Waals surface area contributed by atoms with Crippen LogP contribution in [0.25, 0.3) is 10.8 Å². The van der Waals surface area contributed by atoms with Gasteiger partial charge in [-0.05, 0) is 22.9 Å². The first-order valence-corrected chi connectivity index (χ1v) is 6.80. The lowest BCUT2D eigenvalue weighted by Crippen LogP contribution is -2.06. The zero-order chi connectivity index (χ0) is 15.7. The van der Waals surface area contributed by atoms with Crippen LogP contribution in [-0.4, -0.2) is 15.0 Å². The Morgan fingerprint density at radius 3 is 2.20 bits per heavy atom. The van der Waals surface area contributed by atoms with E-state index in [-0.39, 0.29) is 0 Å². The summed E-state index contributed by atoms with van der Waals surface area (Å²) < 4.78 is 9.50. The van der Waals surface area contributed by atoms with E-state index in [0.717, 1.165) is 21.8 Å². The molecule has 2 rings (SSSR count). The molecule has 0 aliphatic carbocycles.